The van der Waals surface area contributed by atoms with Crippen molar-refractivity contribution in [1.82, 2.24) is 0 Å². The van der Waals surface area contributed by atoms with E-state index in [9.17, 15) is 13.2 Å². The molecule has 0 heterocycles. The highest BCUT2D eigenvalue weighted by Gasteiger charge is 2.21. The van der Waals surface area contributed by atoms with Crippen LogP contribution in [0.5, 0.6) is 0 Å². The molecule has 0 bridgehead atoms. The zero-order valence-corrected chi connectivity index (χ0v) is 16.6. The molecule has 0 atom stereocenters. The van der Waals surface area contributed by atoms with Gasteiger partial charge < -0.3 is 10.5 Å². The van der Waals surface area contributed by atoms with E-state index in [0.717, 1.165) is 9.87 Å². The number of nitrogens with one attached hydrogen (secondary N) is 1. The van der Waals surface area contributed by atoms with E-state index >= 15 is 0 Å². The average Bonchev–Trinajstić information content (AvgIpc) is 2.73. The molecule has 0 aliphatic heterocycles. The Balaban J connectivity index is 1.64. The van der Waals surface area contributed by atoms with Crippen LogP contribution in [0, 0.1) is 0 Å². The quantitative estimate of drug-likeness (QED) is 0.600. The van der Waals surface area contributed by atoms with Gasteiger partial charge in [-0.05, 0) is 48.0 Å². The smallest absolute Gasteiger partial charge is 0.411 e. The van der Waals surface area contributed by atoms with Crippen LogP contribution in [0.4, 0.5) is 21.9 Å². The summed E-state index contributed by atoms with van der Waals surface area (Å²) in [5.41, 5.74) is 7.86. The number of carbonyl (C=O) groups excluding carboxylic acids is 1. The van der Waals surface area contributed by atoms with E-state index in [1.54, 1.807) is 36.4 Å². The molecule has 0 fully saturated rings. The Morgan fingerprint density at radius 2 is 1.69 bits per heavy atom. The molecule has 0 spiro atoms. The van der Waals surface area contributed by atoms with Gasteiger partial charge in [-0.3, -0.25) is 9.62 Å². The molecule has 0 radical (unpaired) electrons. The molecule has 0 aliphatic carbocycles. The van der Waals surface area contributed by atoms with Crippen LogP contribution in [0.3, 0.4) is 0 Å². The largest absolute Gasteiger partial charge is 0.444 e. The van der Waals surface area contributed by atoms with Gasteiger partial charge in [0.1, 0.15) is 6.61 Å². The fourth-order valence-electron chi connectivity index (χ4n) is 2.60. The van der Waals surface area contributed by atoms with E-state index in [1.807, 2.05) is 30.3 Å². The number of hydrogen-bond acceptors (Lipinski definition) is 5. The highest BCUT2D eigenvalue weighted by molar-refractivity contribution is 7.92. The Labute approximate surface area is 169 Å². The molecule has 0 saturated heterocycles. The number of rotatable bonds is 6. The van der Waals surface area contributed by atoms with Gasteiger partial charge in [-0.25, -0.2) is 13.2 Å². The van der Waals surface area contributed by atoms with E-state index in [2.05, 4.69) is 5.32 Å². The highest BCUT2D eigenvalue weighted by atomic mass is 32.2. The Bertz CT molecular complexity index is 1080. The van der Waals surface area contributed by atoms with Gasteiger partial charge in [0.15, 0.2) is 0 Å². The first-order chi connectivity index (χ1) is 13.9. The third-order valence-corrected chi connectivity index (χ3v) is 5.99. The van der Waals surface area contributed by atoms with Crippen molar-refractivity contribution >= 4 is 33.2 Å². The molecule has 8 heteroatoms. The number of nitrogens with two attached hydrogens (primary N) is 1. The monoisotopic (exact) mass is 411 g/mol. The number of amides is 1. The van der Waals surface area contributed by atoms with Crippen LogP contribution in [0.15, 0.2) is 83.8 Å². The summed E-state index contributed by atoms with van der Waals surface area (Å²) >= 11 is 0. The molecule has 3 aromatic rings. The lowest BCUT2D eigenvalue weighted by Gasteiger charge is -2.20. The number of ether oxygens (including phenoxy) is 1. The molecular formula is C21H21N3O4S. The highest BCUT2D eigenvalue weighted by Crippen LogP contribution is 2.24. The molecule has 3 N–H and O–H groups in total. The minimum Gasteiger partial charge on any atom is -0.444 e. The van der Waals surface area contributed by atoms with Crippen molar-refractivity contribution in [3.8, 4) is 0 Å². The molecule has 7 nitrogen and oxygen atoms in total. The van der Waals surface area contributed by atoms with E-state index in [0.29, 0.717) is 17.1 Å². The summed E-state index contributed by atoms with van der Waals surface area (Å²) in [5, 5.41) is 2.61. The third kappa shape index (κ3) is 5.05. The van der Waals surface area contributed by atoms with Gasteiger partial charge in [0.25, 0.3) is 10.0 Å². The van der Waals surface area contributed by atoms with Gasteiger partial charge >= 0.3 is 6.09 Å². The maximum atomic E-state index is 12.7. The number of nitrogens with zero attached hydrogens (tertiary/aromatic N) is 1. The summed E-state index contributed by atoms with van der Waals surface area (Å²) < 4.78 is 31.8. The van der Waals surface area contributed by atoms with Gasteiger partial charge in [-0.15, -0.1) is 0 Å². The second-order valence-electron chi connectivity index (χ2n) is 6.28. The normalized spacial score (nSPS) is 10.9. The van der Waals surface area contributed by atoms with Crippen molar-refractivity contribution in [3.05, 3.63) is 84.4 Å². The third-order valence-electron chi connectivity index (χ3n) is 4.21. The second-order valence-corrected chi connectivity index (χ2v) is 8.25. The van der Waals surface area contributed by atoms with Crippen LogP contribution >= 0.6 is 0 Å². The Morgan fingerprint density at radius 3 is 2.34 bits per heavy atom. The lowest BCUT2D eigenvalue weighted by Crippen LogP contribution is -2.26. The van der Waals surface area contributed by atoms with Crippen LogP contribution in [-0.4, -0.2) is 21.6 Å². The molecule has 0 aromatic heterocycles. The van der Waals surface area contributed by atoms with Gasteiger partial charge in [0.2, 0.25) is 0 Å². The molecule has 0 unspecified atom stereocenters. The lowest BCUT2D eigenvalue weighted by molar-refractivity contribution is 0.155. The van der Waals surface area contributed by atoms with Crippen molar-refractivity contribution in [3.63, 3.8) is 0 Å². The fraction of sp³-hybridized carbons (Fsp3) is 0.0952. The second kappa shape index (κ2) is 8.66. The molecular weight excluding hydrogens is 390 g/mol. The van der Waals surface area contributed by atoms with Crippen molar-refractivity contribution in [1.29, 1.82) is 0 Å². The molecule has 29 heavy (non-hydrogen) atoms. The maximum absolute atomic E-state index is 12.7. The molecule has 3 rings (SSSR count). The van der Waals surface area contributed by atoms with Crippen LogP contribution in [0.2, 0.25) is 0 Å². The summed E-state index contributed by atoms with van der Waals surface area (Å²) in [4.78, 5) is 12.0. The number of anilines is 3. The number of benzene rings is 3. The molecule has 150 valence electrons. The van der Waals surface area contributed by atoms with Crippen molar-refractivity contribution in [2.24, 2.45) is 0 Å². The van der Waals surface area contributed by atoms with Crippen LogP contribution in [-0.2, 0) is 21.4 Å². The zero-order chi connectivity index (χ0) is 20.9. The fourth-order valence-corrected chi connectivity index (χ4v) is 3.85. The SMILES string of the molecule is CN(c1ccc(NC(=O)OCc2ccccc2)cc1)S(=O)(=O)c1cccc(N)c1. The minimum atomic E-state index is -3.75. The Kier molecular flexibility index (Phi) is 6.04. The molecule has 0 saturated carbocycles. The Hall–Kier alpha value is -3.52. The summed E-state index contributed by atoms with van der Waals surface area (Å²) in [6.45, 7) is 0.159. The van der Waals surface area contributed by atoms with Gasteiger partial charge in [-0.1, -0.05) is 36.4 Å². The van der Waals surface area contributed by atoms with E-state index in [-0.39, 0.29) is 11.5 Å². The zero-order valence-electron chi connectivity index (χ0n) is 15.8. The maximum Gasteiger partial charge on any atom is 0.411 e. The van der Waals surface area contributed by atoms with E-state index in [4.69, 9.17) is 10.5 Å². The molecule has 0 aliphatic rings. The predicted octanol–water partition coefficient (Wildman–Crippen LogP) is 3.84. The van der Waals surface area contributed by atoms with E-state index in [1.165, 1.54) is 19.2 Å². The number of carbonyl (C=O) groups is 1. The Morgan fingerprint density at radius 1 is 1.00 bits per heavy atom. The van der Waals surface area contributed by atoms with Gasteiger partial charge in [0, 0.05) is 18.4 Å². The van der Waals surface area contributed by atoms with Gasteiger partial charge in [0.05, 0.1) is 10.6 Å². The minimum absolute atomic E-state index is 0.103. The van der Waals surface area contributed by atoms with Crippen LogP contribution in [0.25, 0.3) is 0 Å². The number of hydrogen-bond donors (Lipinski definition) is 2. The van der Waals surface area contributed by atoms with Crippen LogP contribution in [0.1, 0.15) is 5.56 Å². The van der Waals surface area contributed by atoms with E-state index < -0.39 is 16.1 Å². The average molecular weight is 411 g/mol. The summed E-state index contributed by atoms with van der Waals surface area (Å²) in [7, 11) is -2.29. The van der Waals surface area contributed by atoms with Crippen molar-refractivity contribution in [2.75, 3.05) is 22.4 Å². The number of sulfonamides is 1. The van der Waals surface area contributed by atoms with Crippen LogP contribution < -0.4 is 15.4 Å². The lowest BCUT2D eigenvalue weighted by atomic mass is 10.2. The summed E-state index contributed by atoms with van der Waals surface area (Å²) in [6.07, 6.45) is -0.595. The standard InChI is InChI=1S/C21H21N3O4S/c1-24(29(26,27)20-9-5-8-17(22)14-20)19-12-10-18(11-13-19)23-21(25)28-15-16-6-3-2-4-7-16/h2-14H,15,22H2,1H3,(H,23,25). The summed E-state index contributed by atoms with van der Waals surface area (Å²) in [6, 6.07) is 21.8. The first-order valence-electron chi connectivity index (χ1n) is 8.78. The summed E-state index contributed by atoms with van der Waals surface area (Å²) in [5.74, 6) is 0. The molecule has 3 aromatic carbocycles. The number of nitrogen functional groups attached to an aromatic ring is 1. The van der Waals surface area contributed by atoms with Crippen molar-refractivity contribution in [2.45, 2.75) is 11.5 Å². The molecule has 1 amide bonds. The topological polar surface area (TPSA) is 102 Å². The van der Waals surface area contributed by atoms with Crippen molar-refractivity contribution < 1.29 is 17.9 Å². The predicted molar refractivity (Wildman–Crippen MR) is 113 cm³/mol. The first-order valence-corrected chi connectivity index (χ1v) is 10.2. The van der Waals surface area contributed by atoms with Gasteiger partial charge in [-0.2, -0.15) is 0 Å². The first kappa shape index (κ1) is 20.2.